The number of amides is 1. The number of rotatable bonds is 11. The fourth-order valence-corrected chi connectivity index (χ4v) is 2.66. The Balaban J connectivity index is 1.86. The van der Waals surface area contributed by atoms with Gasteiger partial charge < -0.3 is 14.4 Å². The lowest BCUT2D eigenvalue weighted by molar-refractivity contribution is -0.144. The fourth-order valence-electron chi connectivity index (χ4n) is 2.66. The molecule has 0 aliphatic heterocycles. The number of carbonyl (C=O) groups excluding carboxylic acids is 2. The second-order valence-electron chi connectivity index (χ2n) is 6.08. The molecule has 0 aliphatic carbocycles. The van der Waals surface area contributed by atoms with E-state index in [9.17, 15) is 9.59 Å². The van der Waals surface area contributed by atoms with Crippen molar-refractivity contribution in [3.8, 4) is 5.75 Å². The quantitative estimate of drug-likeness (QED) is 0.569. The van der Waals surface area contributed by atoms with Gasteiger partial charge in [0.25, 0.3) is 0 Å². The van der Waals surface area contributed by atoms with E-state index >= 15 is 0 Å². The topological polar surface area (TPSA) is 55.8 Å². The van der Waals surface area contributed by atoms with E-state index in [1.807, 2.05) is 60.7 Å². The number of ether oxygens (including phenoxy) is 2. The van der Waals surface area contributed by atoms with E-state index in [1.165, 1.54) is 0 Å². The second-order valence-corrected chi connectivity index (χ2v) is 6.08. The minimum atomic E-state index is -0.282. The standard InChI is InChI=1S/C22H27NO4/c1-2-26-22(25)14-17-23(16-13-19-9-5-3-6-10-19)21(24)15-18-27-20-11-7-4-8-12-20/h3-12H,2,13-18H2,1H3. The van der Waals surface area contributed by atoms with Gasteiger partial charge in [0, 0.05) is 13.1 Å². The third kappa shape index (κ3) is 7.94. The zero-order valence-electron chi connectivity index (χ0n) is 15.8. The molecule has 5 heteroatoms. The highest BCUT2D eigenvalue weighted by molar-refractivity contribution is 5.77. The minimum Gasteiger partial charge on any atom is -0.493 e. The Bertz CT molecular complexity index is 688. The lowest BCUT2D eigenvalue weighted by Gasteiger charge is -2.22. The summed E-state index contributed by atoms with van der Waals surface area (Å²) < 4.78 is 10.6. The number of benzene rings is 2. The van der Waals surface area contributed by atoms with Crippen molar-refractivity contribution in [2.24, 2.45) is 0 Å². The van der Waals surface area contributed by atoms with Crippen LogP contribution in [0.2, 0.25) is 0 Å². The Morgan fingerprint density at radius 2 is 1.56 bits per heavy atom. The maximum atomic E-state index is 12.6. The predicted octanol–water partition coefficient (Wildman–Crippen LogP) is 3.48. The fraction of sp³-hybridized carbons (Fsp3) is 0.364. The number of carbonyl (C=O) groups is 2. The number of para-hydroxylation sites is 1. The summed E-state index contributed by atoms with van der Waals surface area (Å²) in [6, 6.07) is 19.4. The first-order valence-corrected chi connectivity index (χ1v) is 9.34. The van der Waals surface area contributed by atoms with Gasteiger partial charge in [0.15, 0.2) is 0 Å². The minimum absolute atomic E-state index is 0.0221. The summed E-state index contributed by atoms with van der Waals surface area (Å²) in [5.41, 5.74) is 1.16. The van der Waals surface area contributed by atoms with Gasteiger partial charge in [-0.05, 0) is 31.0 Å². The van der Waals surface area contributed by atoms with Crippen molar-refractivity contribution >= 4 is 11.9 Å². The molecule has 0 saturated heterocycles. The summed E-state index contributed by atoms with van der Waals surface area (Å²) >= 11 is 0. The number of nitrogens with zero attached hydrogens (tertiary/aromatic N) is 1. The van der Waals surface area contributed by atoms with E-state index in [4.69, 9.17) is 9.47 Å². The molecule has 0 fully saturated rings. The molecule has 5 nitrogen and oxygen atoms in total. The molecule has 0 heterocycles. The number of esters is 1. The van der Waals surface area contributed by atoms with Gasteiger partial charge in [-0.1, -0.05) is 48.5 Å². The van der Waals surface area contributed by atoms with Crippen molar-refractivity contribution in [2.45, 2.75) is 26.2 Å². The molecule has 0 bridgehead atoms. The van der Waals surface area contributed by atoms with Gasteiger partial charge in [0.1, 0.15) is 5.75 Å². The first-order valence-electron chi connectivity index (χ1n) is 9.34. The SMILES string of the molecule is CCOC(=O)CCN(CCc1ccccc1)C(=O)CCOc1ccccc1. The van der Waals surface area contributed by atoms with Crippen LogP contribution in [0.15, 0.2) is 60.7 Å². The lowest BCUT2D eigenvalue weighted by atomic mass is 10.1. The number of hydrogen-bond acceptors (Lipinski definition) is 4. The van der Waals surface area contributed by atoms with Crippen LogP contribution in [0.4, 0.5) is 0 Å². The van der Waals surface area contributed by atoms with Crippen LogP contribution in [0.25, 0.3) is 0 Å². The molecule has 2 aromatic carbocycles. The van der Waals surface area contributed by atoms with Crippen molar-refractivity contribution in [2.75, 3.05) is 26.3 Å². The Morgan fingerprint density at radius 3 is 2.22 bits per heavy atom. The third-order valence-electron chi connectivity index (χ3n) is 4.08. The first-order chi connectivity index (χ1) is 13.2. The van der Waals surface area contributed by atoms with Crippen LogP contribution in [-0.4, -0.2) is 43.1 Å². The maximum Gasteiger partial charge on any atom is 0.307 e. The molecule has 0 N–H and O–H groups in total. The Kier molecular flexibility index (Phi) is 8.90. The zero-order valence-corrected chi connectivity index (χ0v) is 15.8. The Hall–Kier alpha value is -2.82. The molecular formula is C22H27NO4. The average molecular weight is 369 g/mol. The van der Waals surface area contributed by atoms with E-state index in [0.29, 0.717) is 26.3 Å². The van der Waals surface area contributed by atoms with E-state index < -0.39 is 0 Å². The molecule has 0 atom stereocenters. The van der Waals surface area contributed by atoms with Gasteiger partial charge >= 0.3 is 5.97 Å². The van der Waals surface area contributed by atoms with Crippen LogP contribution in [0.3, 0.4) is 0 Å². The van der Waals surface area contributed by atoms with Gasteiger partial charge in [-0.15, -0.1) is 0 Å². The summed E-state index contributed by atoms with van der Waals surface area (Å²) in [6.45, 7) is 3.35. The highest BCUT2D eigenvalue weighted by Crippen LogP contribution is 2.09. The third-order valence-corrected chi connectivity index (χ3v) is 4.08. The highest BCUT2D eigenvalue weighted by atomic mass is 16.5. The summed E-state index contributed by atoms with van der Waals surface area (Å²) in [5, 5.41) is 0. The first kappa shape index (κ1) is 20.5. The van der Waals surface area contributed by atoms with E-state index in [0.717, 1.165) is 17.7 Å². The second kappa shape index (κ2) is 11.7. The van der Waals surface area contributed by atoms with Crippen LogP contribution in [0, 0.1) is 0 Å². The molecule has 0 saturated carbocycles. The van der Waals surface area contributed by atoms with Crippen molar-refractivity contribution < 1.29 is 19.1 Å². The molecule has 0 spiro atoms. The van der Waals surface area contributed by atoms with Crippen molar-refractivity contribution in [1.29, 1.82) is 0 Å². The molecule has 0 aromatic heterocycles. The highest BCUT2D eigenvalue weighted by Gasteiger charge is 2.15. The van der Waals surface area contributed by atoms with Gasteiger partial charge in [0.2, 0.25) is 5.91 Å². The predicted molar refractivity (Wildman–Crippen MR) is 105 cm³/mol. The van der Waals surface area contributed by atoms with Gasteiger partial charge in [-0.3, -0.25) is 9.59 Å². The molecule has 0 aliphatic rings. The summed E-state index contributed by atoms with van der Waals surface area (Å²) in [7, 11) is 0. The molecule has 0 unspecified atom stereocenters. The Morgan fingerprint density at radius 1 is 0.889 bits per heavy atom. The monoisotopic (exact) mass is 369 g/mol. The molecule has 0 radical (unpaired) electrons. The van der Waals surface area contributed by atoms with Gasteiger partial charge in [0.05, 0.1) is 26.1 Å². The van der Waals surface area contributed by atoms with E-state index in [-0.39, 0.29) is 24.7 Å². The van der Waals surface area contributed by atoms with Crippen molar-refractivity contribution in [1.82, 2.24) is 4.90 Å². The van der Waals surface area contributed by atoms with Crippen molar-refractivity contribution in [3.05, 3.63) is 66.2 Å². The largest absolute Gasteiger partial charge is 0.493 e. The smallest absolute Gasteiger partial charge is 0.307 e. The summed E-state index contributed by atoms with van der Waals surface area (Å²) in [5.74, 6) is 0.439. The van der Waals surface area contributed by atoms with Crippen LogP contribution in [0.1, 0.15) is 25.3 Å². The zero-order chi connectivity index (χ0) is 19.3. The van der Waals surface area contributed by atoms with Gasteiger partial charge in [-0.25, -0.2) is 0 Å². The average Bonchev–Trinajstić information content (AvgIpc) is 2.69. The van der Waals surface area contributed by atoms with E-state index in [1.54, 1.807) is 11.8 Å². The lowest BCUT2D eigenvalue weighted by Crippen LogP contribution is -2.35. The molecule has 144 valence electrons. The summed E-state index contributed by atoms with van der Waals surface area (Å²) in [6.07, 6.45) is 1.22. The normalized spacial score (nSPS) is 10.3. The van der Waals surface area contributed by atoms with Crippen LogP contribution in [-0.2, 0) is 20.7 Å². The van der Waals surface area contributed by atoms with Gasteiger partial charge in [-0.2, -0.15) is 0 Å². The van der Waals surface area contributed by atoms with E-state index in [2.05, 4.69) is 0 Å². The molecular weight excluding hydrogens is 342 g/mol. The molecule has 2 aromatic rings. The van der Waals surface area contributed by atoms with Crippen molar-refractivity contribution in [3.63, 3.8) is 0 Å². The number of hydrogen-bond donors (Lipinski definition) is 0. The molecule has 27 heavy (non-hydrogen) atoms. The Labute approximate surface area is 160 Å². The molecule has 2 rings (SSSR count). The van der Waals surface area contributed by atoms with Crippen LogP contribution in [0.5, 0.6) is 5.75 Å². The molecule has 1 amide bonds. The summed E-state index contributed by atoms with van der Waals surface area (Å²) in [4.78, 5) is 26.0. The van der Waals surface area contributed by atoms with Crippen LogP contribution >= 0.6 is 0 Å². The maximum absolute atomic E-state index is 12.6. The van der Waals surface area contributed by atoms with Crippen LogP contribution < -0.4 is 4.74 Å².